The third-order valence-corrected chi connectivity index (χ3v) is 6.09. The van der Waals surface area contributed by atoms with E-state index in [0.717, 1.165) is 29.7 Å². The number of rotatable bonds is 12. The number of nitrogens with one attached hydrogen (secondary N) is 1. The molecule has 1 unspecified atom stereocenters. The van der Waals surface area contributed by atoms with Crippen molar-refractivity contribution in [2.24, 2.45) is 0 Å². The van der Waals surface area contributed by atoms with Crippen molar-refractivity contribution in [3.8, 4) is 0 Å². The number of carbonyl (C=O) groups excluding carboxylic acids is 2. The summed E-state index contributed by atoms with van der Waals surface area (Å²) in [5.41, 5.74) is 3.17. The van der Waals surface area contributed by atoms with Crippen LogP contribution in [-0.4, -0.2) is 35.1 Å². The number of hydrogen-bond donors (Lipinski definition) is 1. The Hall–Kier alpha value is -2.34. The first-order valence-corrected chi connectivity index (χ1v) is 12.0. The van der Waals surface area contributed by atoms with Crippen LogP contribution in [-0.2, 0) is 21.9 Å². The number of hydrogen-bond acceptors (Lipinski definition) is 3. The maximum absolute atomic E-state index is 13.3. The monoisotopic (exact) mass is 444 g/mol. The molecule has 2 amide bonds. The summed E-state index contributed by atoms with van der Waals surface area (Å²) in [7, 11) is 0. The van der Waals surface area contributed by atoms with E-state index in [9.17, 15) is 14.0 Å². The third-order valence-electron chi connectivity index (χ3n) is 5.10. The fourth-order valence-corrected chi connectivity index (χ4v) is 4.11. The minimum atomic E-state index is -0.547. The van der Waals surface area contributed by atoms with Gasteiger partial charge in [-0.3, -0.25) is 9.59 Å². The Bertz CT molecular complexity index is 824. The molecular formula is C25H33FN2O2S. The van der Waals surface area contributed by atoms with E-state index in [0.29, 0.717) is 13.0 Å². The van der Waals surface area contributed by atoms with E-state index in [1.807, 2.05) is 13.8 Å². The maximum atomic E-state index is 13.3. The van der Waals surface area contributed by atoms with Crippen LogP contribution in [0.4, 0.5) is 4.39 Å². The molecular weight excluding hydrogens is 411 g/mol. The van der Waals surface area contributed by atoms with Gasteiger partial charge in [0.2, 0.25) is 11.8 Å². The van der Waals surface area contributed by atoms with Crippen LogP contribution >= 0.6 is 11.8 Å². The lowest BCUT2D eigenvalue weighted by Gasteiger charge is -2.30. The first-order valence-electron chi connectivity index (χ1n) is 10.9. The fraction of sp³-hybridized carbons (Fsp3) is 0.440. The minimum absolute atomic E-state index is 0.0843. The molecule has 0 fully saturated rings. The van der Waals surface area contributed by atoms with Gasteiger partial charge in [-0.15, -0.1) is 11.8 Å². The number of unbranched alkanes of at least 4 members (excludes halogenated alkanes) is 1. The second-order valence-electron chi connectivity index (χ2n) is 7.70. The van der Waals surface area contributed by atoms with E-state index >= 15 is 0 Å². The molecule has 4 nitrogen and oxygen atoms in total. The lowest BCUT2D eigenvalue weighted by molar-refractivity contribution is -0.139. The van der Waals surface area contributed by atoms with Crippen molar-refractivity contribution in [3.63, 3.8) is 0 Å². The summed E-state index contributed by atoms with van der Waals surface area (Å²) >= 11 is 1.54. The number of carbonyl (C=O) groups is 2. The van der Waals surface area contributed by atoms with Gasteiger partial charge in [-0.25, -0.2) is 4.39 Å². The highest BCUT2D eigenvalue weighted by molar-refractivity contribution is 7.99. The van der Waals surface area contributed by atoms with Crippen LogP contribution < -0.4 is 5.32 Å². The van der Waals surface area contributed by atoms with E-state index in [1.54, 1.807) is 17.0 Å². The molecule has 0 aliphatic heterocycles. The molecule has 0 aliphatic rings. The molecule has 0 saturated carbocycles. The summed E-state index contributed by atoms with van der Waals surface area (Å²) in [6, 6.07) is 13.8. The van der Waals surface area contributed by atoms with Crippen molar-refractivity contribution < 1.29 is 14.0 Å². The summed E-state index contributed by atoms with van der Waals surface area (Å²) < 4.78 is 13.3. The van der Waals surface area contributed by atoms with Gasteiger partial charge >= 0.3 is 0 Å². The zero-order valence-corrected chi connectivity index (χ0v) is 19.5. The average molecular weight is 445 g/mol. The van der Waals surface area contributed by atoms with Crippen molar-refractivity contribution >= 4 is 23.6 Å². The summed E-state index contributed by atoms with van der Waals surface area (Å²) in [4.78, 5) is 27.6. The van der Waals surface area contributed by atoms with Crippen LogP contribution in [0.3, 0.4) is 0 Å². The smallest absolute Gasteiger partial charge is 0.242 e. The molecule has 6 heteroatoms. The van der Waals surface area contributed by atoms with Crippen molar-refractivity contribution in [1.29, 1.82) is 0 Å². The summed E-state index contributed by atoms with van der Waals surface area (Å²) in [6.07, 6.45) is 2.42. The van der Waals surface area contributed by atoms with Gasteiger partial charge in [0.1, 0.15) is 11.9 Å². The molecule has 0 bridgehead atoms. The van der Waals surface area contributed by atoms with E-state index < -0.39 is 6.04 Å². The largest absolute Gasteiger partial charge is 0.354 e. The number of benzene rings is 2. The lowest BCUT2D eigenvalue weighted by Crippen LogP contribution is -2.49. The van der Waals surface area contributed by atoms with Gasteiger partial charge in [0.25, 0.3) is 0 Å². The molecule has 0 radical (unpaired) electrons. The van der Waals surface area contributed by atoms with Gasteiger partial charge in [-0.2, -0.15) is 0 Å². The predicted octanol–water partition coefficient (Wildman–Crippen LogP) is 5.09. The quantitative estimate of drug-likeness (QED) is 0.464. The number of halogens is 1. The van der Waals surface area contributed by atoms with E-state index in [-0.39, 0.29) is 29.9 Å². The van der Waals surface area contributed by atoms with E-state index in [2.05, 4.69) is 36.5 Å². The number of nitrogens with zero attached hydrogens (tertiary/aromatic N) is 1. The fourth-order valence-electron chi connectivity index (χ4n) is 3.24. The second-order valence-corrected chi connectivity index (χ2v) is 8.68. The Morgan fingerprint density at radius 2 is 1.68 bits per heavy atom. The minimum Gasteiger partial charge on any atom is -0.354 e. The van der Waals surface area contributed by atoms with Crippen molar-refractivity contribution in [3.05, 3.63) is 71.0 Å². The van der Waals surface area contributed by atoms with Gasteiger partial charge in [-0.05, 0) is 43.0 Å². The van der Waals surface area contributed by atoms with Gasteiger partial charge in [0, 0.05) is 18.8 Å². The van der Waals surface area contributed by atoms with Gasteiger partial charge in [0.15, 0.2) is 0 Å². The summed E-state index contributed by atoms with van der Waals surface area (Å²) in [5.74, 6) is 0.484. The zero-order valence-electron chi connectivity index (χ0n) is 18.7. The van der Waals surface area contributed by atoms with Crippen LogP contribution in [0.2, 0.25) is 0 Å². The molecule has 0 saturated heterocycles. The number of amides is 2. The first kappa shape index (κ1) is 24.9. The number of thioether (sulfide) groups is 1. The maximum Gasteiger partial charge on any atom is 0.242 e. The highest BCUT2D eigenvalue weighted by atomic mass is 32.2. The molecule has 0 spiro atoms. The van der Waals surface area contributed by atoms with Gasteiger partial charge in [-0.1, -0.05) is 62.2 Å². The zero-order chi connectivity index (χ0) is 22.6. The molecule has 0 aromatic heterocycles. The molecule has 2 aromatic carbocycles. The van der Waals surface area contributed by atoms with E-state index in [1.165, 1.54) is 29.5 Å². The predicted molar refractivity (Wildman–Crippen MR) is 126 cm³/mol. The van der Waals surface area contributed by atoms with Crippen LogP contribution in [0, 0.1) is 12.7 Å². The summed E-state index contributed by atoms with van der Waals surface area (Å²) in [6.45, 7) is 6.91. The molecule has 168 valence electrons. The molecule has 2 rings (SSSR count). The van der Waals surface area contributed by atoms with Crippen molar-refractivity contribution in [2.45, 2.75) is 58.4 Å². The van der Waals surface area contributed by atoms with Crippen LogP contribution in [0.1, 0.15) is 49.8 Å². The van der Waals surface area contributed by atoms with Crippen LogP contribution in [0.25, 0.3) is 0 Å². The molecule has 1 N–H and O–H groups in total. The SMILES string of the molecule is CCCCNC(=O)C(CC)N(Cc1ccc(F)cc1)C(=O)CSCc1ccc(C)cc1. The molecule has 31 heavy (non-hydrogen) atoms. The van der Waals surface area contributed by atoms with Gasteiger partial charge < -0.3 is 10.2 Å². The average Bonchev–Trinajstić information content (AvgIpc) is 2.76. The number of aryl methyl sites for hydroxylation is 1. The third kappa shape index (κ3) is 8.37. The summed E-state index contributed by atoms with van der Waals surface area (Å²) in [5, 5.41) is 2.95. The highest BCUT2D eigenvalue weighted by Crippen LogP contribution is 2.18. The van der Waals surface area contributed by atoms with Crippen LogP contribution in [0.15, 0.2) is 48.5 Å². The lowest BCUT2D eigenvalue weighted by atomic mass is 10.1. The highest BCUT2D eigenvalue weighted by Gasteiger charge is 2.28. The normalized spacial score (nSPS) is 11.7. The van der Waals surface area contributed by atoms with Crippen LogP contribution in [0.5, 0.6) is 0 Å². The Morgan fingerprint density at radius 1 is 1.03 bits per heavy atom. The van der Waals surface area contributed by atoms with Gasteiger partial charge in [0.05, 0.1) is 5.75 Å². The molecule has 0 aliphatic carbocycles. The second kappa shape index (κ2) is 13.2. The van der Waals surface area contributed by atoms with Crippen molar-refractivity contribution in [2.75, 3.05) is 12.3 Å². The Balaban J connectivity index is 2.08. The first-order chi connectivity index (χ1) is 14.9. The topological polar surface area (TPSA) is 49.4 Å². The molecule has 0 heterocycles. The Kier molecular flexibility index (Phi) is 10.6. The molecule has 1 atom stereocenters. The van der Waals surface area contributed by atoms with Crippen molar-refractivity contribution in [1.82, 2.24) is 10.2 Å². The van der Waals surface area contributed by atoms with E-state index in [4.69, 9.17) is 0 Å². The molecule has 2 aromatic rings. The Morgan fingerprint density at radius 3 is 2.29 bits per heavy atom. The Labute approximate surface area is 189 Å². The standard InChI is InChI=1S/C25H33FN2O2S/c1-4-6-15-27-25(30)23(5-2)28(16-20-11-13-22(26)14-12-20)24(29)18-31-17-21-9-7-19(3)8-10-21/h7-14,23H,4-6,15-18H2,1-3H3,(H,27,30).